The molecule has 2 spiro atoms. The molecule has 2 bridgehead atoms. The molecule has 0 amide bonds. The highest BCUT2D eigenvalue weighted by Gasteiger charge is 2.66. The molecular weight excluding hydrogens is 494 g/mol. The minimum atomic E-state index is -2.73. The van der Waals surface area contributed by atoms with Crippen molar-refractivity contribution in [1.29, 1.82) is 0 Å². The number of nitrogens with zero attached hydrogens (tertiary/aromatic N) is 2. The molecule has 7 rings (SSSR count). The zero-order valence-electron chi connectivity index (χ0n) is 23.1. The van der Waals surface area contributed by atoms with Crippen LogP contribution in [0.3, 0.4) is 0 Å². The van der Waals surface area contributed by atoms with E-state index in [9.17, 15) is 14.0 Å². The predicted molar refractivity (Wildman–Crippen MR) is 148 cm³/mol. The highest BCUT2D eigenvalue weighted by molar-refractivity contribution is 5.82. The first-order valence-electron chi connectivity index (χ1n) is 15.0. The van der Waals surface area contributed by atoms with Crippen LogP contribution in [0, 0.1) is 11.3 Å². The molecular formula is C33H40F2N2O2. The van der Waals surface area contributed by atoms with Gasteiger partial charge in [-0.25, -0.2) is 8.78 Å². The van der Waals surface area contributed by atoms with Crippen LogP contribution < -0.4 is 0 Å². The third-order valence-corrected chi connectivity index (χ3v) is 11.4. The third kappa shape index (κ3) is 3.88. The van der Waals surface area contributed by atoms with Gasteiger partial charge in [-0.2, -0.15) is 5.06 Å². The molecule has 208 valence electrons. The standard InChI is InChI=1S/C33H40F2N2O2/c1-3-32(34,35)15-17-37(38)27-7-6-25-19-26-10-12-30(2)28(23-5-4-22-11-16-36-21-24(22)18-23)8-9-29(30)33(26)14-13-31(25,20-27)39-33/h4-5,10-11,16,18-19,21,27-29,38H,3,6-9,12-15,17,20H2,1-2H3/t27-,28+,29+,30+,31+,33+/m0/s1. The Labute approximate surface area is 230 Å². The van der Waals surface area contributed by atoms with Gasteiger partial charge in [0.2, 0.25) is 5.92 Å². The van der Waals surface area contributed by atoms with Gasteiger partial charge in [0.25, 0.3) is 0 Å². The third-order valence-electron chi connectivity index (χ3n) is 11.4. The van der Waals surface area contributed by atoms with Crippen molar-refractivity contribution in [2.24, 2.45) is 11.3 Å². The van der Waals surface area contributed by atoms with Crippen LogP contribution in [0.15, 0.2) is 60.0 Å². The van der Waals surface area contributed by atoms with Crippen molar-refractivity contribution >= 4 is 10.8 Å². The lowest BCUT2D eigenvalue weighted by Gasteiger charge is -2.54. The van der Waals surface area contributed by atoms with Gasteiger partial charge in [-0.05, 0) is 103 Å². The van der Waals surface area contributed by atoms with Gasteiger partial charge in [0.1, 0.15) is 0 Å². The van der Waals surface area contributed by atoms with Crippen LogP contribution in [0.25, 0.3) is 10.8 Å². The van der Waals surface area contributed by atoms with Gasteiger partial charge < -0.3 is 9.94 Å². The number of hydrogen-bond acceptors (Lipinski definition) is 4. The summed E-state index contributed by atoms with van der Waals surface area (Å²) in [5, 5.41) is 14.4. The molecule has 1 aromatic heterocycles. The average Bonchev–Trinajstić information content (AvgIpc) is 3.46. The fourth-order valence-corrected chi connectivity index (χ4v) is 9.14. The van der Waals surface area contributed by atoms with Gasteiger partial charge in [0, 0.05) is 43.2 Å². The summed E-state index contributed by atoms with van der Waals surface area (Å²) < 4.78 is 35.1. The Balaban J connectivity index is 1.16. The molecule has 3 fully saturated rings. The van der Waals surface area contributed by atoms with Gasteiger partial charge in [0.15, 0.2) is 0 Å². The maximum Gasteiger partial charge on any atom is 0.249 e. The zero-order chi connectivity index (χ0) is 27.0. The van der Waals surface area contributed by atoms with Gasteiger partial charge >= 0.3 is 0 Å². The molecule has 0 unspecified atom stereocenters. The lowest BCUT2D eigenvalue weighted by molar-refractivity contribution is -0.183. The molecule has 1 saturated heterocycles. The SMILES string of the molecule is CCC(F)(F)CCN(O)[C@H]1CCC2=CC3=CC[C@]4(C)[C@@H](c5ccc6ccncc6c5)CC[C@H]4[C@@]34CC[C@]2(C1)O4. The van der Waals surface area contributed by atoms with E-state index in [1.807, 2.05) is 12.4 Å². The van der Waals surface area contributed by atoms with Crippen LogP contribution in [0.5, 0.6) is 0 Å². The number of hydroxylamine groups is 2. The topological polar surface area (TPSA) is 45.6 Å². The van der Waals surface area contributed by atoms with Gasteiger partial charge in [-0.3, -0.25) is 4.98 Å². The number of allylic oxidation sites excluding steroid dienone is 1. The number of pyridine rings is 1. The summed E-state index contributed by atoms with van der Waals surface area (Å²) in [5.41, 5.74) is 3.59. The zero-order valence-corrected chi connectivity index (χ0v) is 23.1. The molecule has 6 heteroatoms. The van der Waals surface area contributed by atoms with E-state index >= 15 is 0 Å². The minimum absolute atomic E-state index is 0.000579. The Morgan fingerprint density at radius 2 is 2.03 bits per heavy atom. The number of aromatic nitrogens is 1. The average molecular weight is 535 g/mol. The highest BCUT2D eigenvalue weighted by Crippen LogP contribution is 2.69. The molecule has 1 N–H and O–H groups in total. The lowest BCUT2D eigenvalue weighted by atomic mass is 9.58. The largest absolute Gasteiger partial charge is 0.359 e. The number of rotatable bonds is 6. The first-order valence-corrected chi connectivity index (χ1v) is 15.0. The van der Waals surface area contributed by atoms with E-state index in [2.05, 4.69) is 48.3 Å². The van der Waals surface area contributed by atoms with Crippen molar-refractivity contribution in [3.05, 3.63) is 65.5 Å². The number of ether oxygens (including phenoxy) is 1. The quantitative estimate of drug-likeness (QED) is 0.382. The van der Waals surface area contributed by atoms with Crippen molar-refractivity contribution in [3.8, 4) is 0 Å². The summed E-state index contributed by atoms with van der Waals surface area (Å²) in [6.07, 6.45) is 15.9. The van der Waals surface area contributed by atoms with Crippen LogP contribution in [-0.4, -0.2) is 45.0 Å². The molecule has 3 aliphatic carbocycles. The van der Waals surface area contributed by atoms with Crippen molar-refractivity contribution in [2.75, 3.05) is 6.54 Å². The normalized spacial score (nSPS) is 37.3. The predicted octanol–water partition coefficient (Wildman–Crippen LogP) is 7.97. The van der Waals surface area contributed by atoms with E-state index in [-0.39, 0.29) is 42.0 Å². The van der Waals surface area contributed by atoms with E-state index in [4.69, 9.17) is 4.74 Å². The van der Waals surface area contributed by atoms with Crippen LogP contribution in [0.1, 0.15) is 89.5 Å². The summed E-state index contributed by atoms with van der Waals surface area (Å²) in [6.45, 7) is 3.98. The molecule has 1 aromatic carbocycles. The minimum Gasteiger partial charge on any atom is -0.359 e. The van der Waals surface area contributed by atoms with Crippen molar-refractivity contribution in [1.82, 2.24) is 10.0 Å². The lowest BCUT2D eigenvalue weighted by Crippen LogP contribution is -2.55. The molecule has 5 aliphatic rings. The monoisotopic (exact) mass is 534 g/mol. The first kappa shape index (κ1) is 25.8. The van der Waals surface area contributed by atoms with E-state index in [0.717, 1.165) is 44.9 Å². The Hall–Kier alpha value is -2.15. The molecule has 2 aliphatic heterocycles. The summed E-state index contributed by atoms with van der Waals surface area (Å²) in [6, 6.07) is 8.83. The smallest absolute Gasteiger partial charge is 0.249 e. The maximum absolute atomic E-state index is 13.9. The second-order valence-electron chi connectivity index (χ2n) is 13.2. The molecule has 6 atom stereocenters. The van der Waals surface area contributed by atoms with Gasteiger partial charge in [0.05, 0.1) is 11.2 Å². The van der Waals surface area contributed by atoms with Crippen LogP contribution in [-0.2, 0) is 4.74 Å². The summed E-state index contributed by atoms with van der Waals surface area (Å²) >= 11 is 0. The van der Waals surface area contributed by atoms with Crippen molar-refractivity contribution in [3.63, 3.8) is 0 Å². The molecule has 4 nitrogen and oxygen atoms in total. The van der Waals surface area contributed by atoms with Crippen molar-refractivity contribution < 1.29 is 18.7 Å². The Bertz CT molecular complexity index is 1360. The van der Waals surface area contributed by atoms with Crippen LogP contribution in [0.4, 0.5) is 8.78 Å². The van der Waals surface area contributed by atoms with E-state index in [0.29, 0.717) is 18.3 Å². The van der Waals surface area contributed by atoms with E-state index < -0.39 is 5.92 Å². The van der Waals surface area contributed by atoms with Gasteiger partial charge in [-0.1, -0.05) is 38.1 Å². The summed E-state index contributed by atoms with van der Waals surface area (Å²) in [4.78, 5) is 4.35. The van der Waals surface area contributed by atoms with Crippen LogP contribution in [0.2, 0.25) is 0 Å². The second-order valence-corrected chi connectivity index (χ2v) is 13.2. The fraction of sp³-hybridized carbons (Fsp3) is 0.606. The number of halogens is 2. The molecule has 3 heterocycles. The van der Waals surface area contributed by atoms with E-state index in [1.165, 1.54) is 39.5 Å². The Morgan fingerprint density at radius 3 is 2.87 bits per heavy atom. The number of fused-ring (bicyclic) bond motifs is 2. The highest BCUT2D eigenvalue weighted by atomic mass is 19.3. The molecule has 2 aromatic rings. The maximum atomic E-state index is 13.9. The molecule has 0 radical (unpaired) electrons. The van der Waals surface area contributed by atoms with Crippen LogP contribution >= 0.6 is 0 Å². The summed E-state index contributed by atoms with van der Waals surface area (Å²) in [5.74, 6) is -1.83. The van der Waals surface area contributed by atoms with Crippen molar-refractivity contribution in [2.45, 2.75) is 107 Å². The summed E-state index contributed by atoms with van der Waals surface area (Å²) in [7, 11) is 0. The number of alkyl halides is 2. The van der Waals surface area contributed by atoms with Gasteiger partial charge in [-0.15, -0.1) is 0 Å². The van der Waals surface area contributed by atoms with E-state index in [1.54, 1.807) is 0 Å². The second kappa shape index (κ2) is 8.92. The first-order chi connectivity index (χ1) is 18.7. The molecule has 39 heavy (non-hydrogen) atoms. The number of benzene rings is 1. The Kier molecular flexibility index (Phi) is 5.90. The fourth-order valence-electron chi connectivity index (χ4n) is 9.14. The molecule has 2 saturated carbocycles. The Morgan fingerprint density at radius 1 is 1.15 bits per heavy atom. The number of hydrogen-bond donors (Lipinski definition) is 1.